The molecular formula is C24H29N3O3S. The van der Waals surface area contributed by atoms with Gasteiger partial charge in [-0.15, -0.1) is 4.31 Å². The smallest absolute Gasteiger partial charge is 0.250 e. The summed E-state index contributed by atoms with van der Waals surface area (Å²) >= 11 is -0.951. The molecule has 0 spiro atoms. The molecular weight excluding hydrogens is 410 g/mol. The first-order valence-electron chi connectivity index (χ1n) is 10.7. The van der Waals surface area contributed by atoms with Gasteiger partial charge in [0, 0.05) is 49.6 Å². The van der Waals surface area contributed by atoms with Crippen LogP contribution in [-0.4, -0.2) is 52.3 Å². The van der Waals surface area contributed by atoms with Crippen molar-refractivity contribution in [3.05, 3.63) is 59.8 Å². The van der Waals surface area contributed by atoms with Crippen LogP contribution < -0.4 is 5.73 Å². The summed E-state index contributed by atoms with van der Waals surface area (Å²) in [5.41, 5.74) is 10.3. The van der Waals surface area contributed by atoms with Crippen molar-refractivity contribution in [1.29, 1.82) is 0 Å². The number of H-pyrrole nitrogens is 1. The minimum absolute atomic E-state index is 0.354. The molecule has 6 nitrogen and oxygen atoms in total. The number of methoxy groups -OCH3 is 1. The van der Waals surface area contributed by atoms with Gasteiger partial charge in [0.25, 0.3) is 5.91 Å². The summed E-state index contributed by atoms with van der Waals surface area (Å²) in [6.45, 7) is 2.25. The lowest BCUT2D eigenvalue weighted by Crippen LogP contribution is -2.39. The van der Waals surface area contributed by atoms with Gasteiger partial charge in [-0.05, 0) is 47.6 Å². The molecule has 2 heterocycles. The van der Waals surface area contributed by atoms with Gasteiger partial charge in [0.2, 0.25) is 0 Å². The number of amides is 1. The van der Waals surface area contributed by atoms with E-state index in [1.807, 2.05) is 42.6 Å². The standard InChI is InChI=1S/C24H29N3O3S/c1-30-12-5-13-31(29)27-10-8-18(9-11-27)22-16-26-23-20(22)14-19(15-21(23)24(25)28)17-6-3-2-4-7-17/h2-4,6-7,14-16,18,26H,5,8-13H2,1H3,(H2,25,28). The molecule has 0 aliphatic carbocycles. The predicted molar refractivity (Wildman–Crippen MR) is 125 cm³/mol. The second-order valence-electron chi connectivity index (χ2n) is 8.00. The van der Waals surface area contributed by atoms with Crippen LogP contribution in [-0.2, 0) is 16.1 Å². The Kier molecular flexibility index (Phi) is 6.97. The first-order chi connectivity index (χ1) is 15.1. The monoisotopic (exact) mass is 439 g/mol. The highest BCUT2D eigenvalue weighted by Crippen LogP contribution is 2.37. The van der Waals surface area contributed by atoms with Crippen LogP contribution in [0.2, 0.25) is 0 Å². The van der Waals surface area contributed by atoms with Gasteiger partial charge in [0.1, 0.15) is 5.75 Å². The van der Waals surface area contributed by atoms with Crippen molar-refractivity contribution in [1.82, 2.24) is 9.29 Å². The van der Waals surface area contributed by atoms with E-state index in [0.717, 1.165) is 54.4 Å². The van der Waals surface area contributed by atoms with Crippen LogP contribution in [0.1, 0.15) is 41.1 Å². The van der Waals surface area contributed by atoms with Crippen molar-refractivity contribution < 1.29 is 14.1 Å². The number of ether oxygens (including phenoxy) is 1. The summed E-state index contributed by atoms with van der Waals surface area (Å²) in [6, 6.07) is 14.1. The Labute approximate surface area is 186 Å². The van der Waals surface area contributed by atoms with Gasteiger partial charge in [-0.2, -0.15) is 0 Å². The van der Waals surface area contributed by atoms with Crippen LogP contribution in [0.3, 0.4) is 0 Å². The van der Waals surface area contributed by atoms with E-state index in [-0.39, 0.29) is 0 Å². The highest BCUT2D eigenvalue weighted by Gasteiger charge is 2.29. The average Bonchev–Trinajstić information content (AvgIpc) is 3.23. The second kappa shape index (κ2) is 9.87. The fourth-order valence-corrected chi connectivity index (χ4v) is 5.65. The van der Waals surface area contributed by atoms with Gasteiger partial charge < -0.3 is 20.0 Å². The number of piperidine rings is 1. The molecule has 1 amide bonds. The van der Waals surface area contributed by atoms with Crippen LogP contribution in [0.4, 0.5) is 0 Å². The van der Waals surface area contributed by atoms with Crippen LogP contribution >= 0.6 is 0 Å². The fourth-order valence-electron chi connectivity index (χ4n) is 4.41. The summed E-state index contributed by atoms with van der Waals surface area (Å²) in [5.74, 6) is 0.568. The molecule has 1 aliphatic rings. The topological polar surface area (TPSA) is 94.4 Å². The first kappa shape index (κ1) is 21.9. The molecule has 0 bridgehead atoms. The zero-order valence-corrected chi connectivity index (χ0v) is 18.6. The SMILES string of the molecule is COCCC[S+]([O-])N1CCC(c2c[nH]c3c(C(N)=O)cc(-c4ccccc4)cc23)CC1. The number of carbonyl (C=O) groups excluding carboxylic acids is 1. The van der Waals surface area contributed by atoms with Crippen LogP contribution in [0, 0.1) is 0 Å². The summed E-state index contributed by atoms with van der Waals surface area (Å²) in [5, 5.41) is 1.05. The Hall–Kier alpha value is -2.32. The van der Waals surface area contributed by atoms with Crippen LogP contribution in [0.25, 0.3) is 22.0 Å². The van der Waals surface area contributed by atoms with E-state index < -0.39 is 17.3 Å². The number of rotatable bonds is 8. The fraction of sp³-hybridized carbons (Fsp3) is 0.375. The van der Waals surface area contributed by atoms with Crippen molar-refractivity contribution in [3.63, 3.8) is 0 Å². The van der Waals surface area contributed by atoms with Gasteiger partial charge >= 0.3 is 0 Å². The third-order valence-electron chi connectivity index (χ3n) is 6.04. The lowest BCUT2D eigenvalue weighted by molar-refractivity contribution is 0.100. The van der Waals surface area contributed by atoms with Crippen molar-refractivity contribution in [2.75, 3.05) is 32.6 Å². The number of hydrogen-bond acceptors (Lipinski definition) is 4. The van der Waals surface area contributed by atoms with Crippen molar-refractivity contribution >= 4 is 28.2 Å². The van der Waals surface area contributed by atoms with Gasteiger partial charge in [-0.3, -0.25) is 4.79 Å². The summed E-state index contributed by atoms with van der Waals surface area (Å²) in [6.07, 6.45) is 4.69. The number of aromatic nitrogens is 1. The number of aromatic amines is 1. The van der Waals surface area contributed by atoms with Gasteiger partial charge in [-0.25, -0.2) is 0 Å². The zero-order valence-electron chi connectivity index (χ0n) is 17.8. The maximum atomic E-state index is 12.5. The molecule has 1 aliphatic heterocycles. The number of primary amides is 1. The number of nitrogens with zero attached hydrogens (tertiary/aromatic N) is 1. The maximum Gasteiger partial charge on any atom is 0.250 e. The number of carbonyl (C=O) groups is 1. The Balaban J connectivity index is 1.58. The molecule has 164 valence electrons. The summed E-state index contributed by atoms with van der Waals surface area (Å²) < 4.78 is 19.7. The lowest BCUT2D eigenvalue weighted by Gasteiger charge is -2.32. The maximum absolute atomic E-state index is 12.5. The van der Waals surface area contributed by atoms with Crippen molar-refractivity contribution in [3.8, 4) is 11.1 Å². The Morgan fingerprint density at radius 2 is 1.97 bits per heavy atom. The molecule has 2 aromatic carbocycles. The highest BCUT2D eigenvalue weighted by atomic mass is 32.2. The molecule has 4 rings (SSSR count). The van der Waals surface area contributed by atoms with E-state index in [2.05, 4.69) is 15.4 Å². The number of hydrogen-bond donors (Lipinski definition) is 2. The molecule has 7 heteroatoms. The van der Waals surface area contributed by atoms with E-state index in [0.29, 0.717) is 23.8 Å². The molecule has 1 fully saturated rings. The van der Waals surface area contributed by atoms with Gasteiger partial charge in [0.15, 0.2) is 0 Å². The number of nitrogens with two attached hydrogens (primary N) is 1. The molecule has 31 heavy (non-hydrogen) atoms. The molecule has 1 atom stereocenters. The lowest BCUT2D eigenvalue weighted by atomic mass is 9.88. The van der Waals surface area contributed by atoms with Gasteiger partial charge in [-0.1, -0.05) is 30.3 Å². The number of nitrogens with one attached hydrogen (secondary N) is 1. The number of benzene rings is 2. The largest absolute Gasteiger partial charge is 0.598 e. The van der Waals surface area contributed by atoms with E-state index in [4.69, 9.17) is 10.5 Å². The summed E-state index contributed by atoms with van der Waals surface area (Å²) in [4.78, 5) is 15.5. The molecule has 1 aromatic heterocycles. The van der Waals surface area contributed by atoms with Gasteiger partial charge in [0.05, 0.1) is 17.7 Å². The van der Waals surface area contributed by atoms with E-state index >= 15 is 0 Å². The molecule has 1 unspecified atom stereocenters. The Bertz CT molecular complexity index is 1030. The minimum Gasteiger partial charge on any atom is -0.598 e. The average molecular weight is 440 g/mol. The first-order valence-corrected chi connectivity index (χ1v) is 12.0. The Morgan fingerprint density at radius 1 is 1.23 bits per heavy atom. The van der Waals surface area contributed by atoms with Crippen LogP contribution in [0.15, 0.2) is 48.7 Å². The highest BCUT2D eigenvalue weighted by molar-refractivity contribution is 7.89. The molecule has 0 saturated carbocycles. The van der Waals surface area contributed by atoms with Crippen molar-refractivity contribution in [2.24, 2.45) is 5.73 Å². The third-order valence-corrected chi connectivity index (χ3v) is 7.62. The molecule has 3 N–H and O–H groups in total. The normalized spacial score (nSPS) is 16.6. The van der Waals surface area contributed by atoms with E-state index in [1.54, 1.807) is 7.11 Å². The molecule has 3 aromatic rings. The second-order valence-corrected chi connectivity index (χ2v) is 9.56. The molecule has 1 saturated heterocycles. The van der Waals surface area contributed by atoms with Crippen molar-refractivity contribution in [2.45, 2.75) is 25.2 Å². The third kappa shape index (κ3) is 4.80. The quantitative estimate of drug-likeness (QED) is 0.412. The predicted octanol–water partition coefficient (Wildman–Crippen LogP) is 3.81. The van der Waals surface area contributed by atoms with E-state index in [9.17, 15) is 9.35 Å². The van der Waals surface area contributed by atoms with E-state index in [1.165, 1.54) is 5.56 Å². The minimum atomic E-state index is -0.951. The van der Waals surface area contributed by atoms with Crippen LogP contribution in [0.5, 0.6) is 0 Å². The summed E-state index contributed by atoms with van der Waals surface area (Å²) in [7, 11) is 1.67. The zero-order chi connectivity index (χ0) is 21.8. The number of fused-ring (bicyclic) bond motifs is 1. The Morgan fingerprint density at radius 3 is 2.65 bits per heavy atom. The molecule has 0 radical (unpaired) electrons.